The molecule has 0 spiro atoms. The Kier molecular flexibility index (Phi) is 4.24. The van der Waals surface area contributed by atoms with E-state index in [1.807, 2.05) is 12.1 Å². The molecule has 2 heterocycles. The molecule has 4 rings (SSSR count). The van der Waals surface area contributed by atoms with Crippen LogP contribution in [-0.4, -0.2) is 47.7 Å². The molecule has 2 aliphatic heterocycles. The van der Waals surface area contributed by atoms with E-state index in [1.54, 1.807) is 0 Å². The zero-order valence-corrected chi connectivity index (χ0v) is 14.0. The number of aromatic carboxylic acids is 1. The minimum atomic E-state index is -1.04. The molecule has 1 saturated carbocycles. The van der Waals surface area contributed by atoms with Crippen molar-refractivity contribution in [3.05, 3.63) is 23.3 Å². The summed E-state index contributed by atoms with van der Waals surface area (Å²) in [5.41, 5.74) is 6.93. The Morgan fingerprint density at radius 3 is 3.00 bits per heavy atom. The van der Waals surface area contributed by atoms with Crippen molar-refractivity contribution in [2.75, 3.05) is 13.2 Å². The Morgan fingerprint density at radius 2 is 2.33 bits per heavy atom. The van der Waals surface area contributed by atoms with Gasteiger partial charge < -0.3 is 25.3 Å². The van der Waals surface area contributed by atoms with Gasteiger partial charge in [0.05, 0.1) is 6.10 Å². The van der Waals surface area contributed by atoms with E-state index in [9.17, 15) is 14.9 Å². The third-order valence-corrected chi connectivity index (χ3v) is 6.49. The van der Waals surface area contributed by atoms with E-state index < -0.39 is 13.1 Å². The van der Waals surface area contributed by atoms with Crippen LogP contribution in [0.5, 0.6) is 5.75 Å². The van der Waals surface area contributed by atoms with Crippen molar-refractivity contribution < 1.29 is 24.3 Å². The van der Waals surface area contributed by atoms with E-state index in [0.29, 0.717) is 17.2 Å². The lowest BCUT2D eigenvalue weighted by atomic mass is 9.77. The fourth-order valence-electron chi connectivity index (χ4n) is 3.73. The lowest BCUT2D eigenvalue weighted by Gasteiger charge is -2.25. The average molecular weight is 349 g/mol. The van der Waals surface area contributed by atoms with Crippen LogP contribution in [0, 0.1) is 0 Å². The molecule has 1 aromatic rings. The van der Waals surface area contributed by atoms with Crippen LogP contribution < -0.4 is 10.4 Å². The molecule has 8 heteroatoms. The normalized spacial score (nSPS) is 28.8. The van der Waals surface area contributed by atoms with Crippen LogP contribution in [-0.2, 0) is 4.74 Å². The number of thioether (sulfide) groups is 1. The van der Waals surface area contributed by atoms with Gasteiger partial charge in [-0.25, -0.2) is 4.79 Å². The van der Waals surface area contributed by atoms with Crippen molar-refractivity contribution >= 4 is 24.8 Å². The highest BCUT2D eigenvalue weighted by atomic mass is 32.2. The molecule has 24 heavy (non-hydrogen) atoms. The van der Waals surface area contributed by atoms with Gasteiger partial charge in [-0.1, -0.05) is 6.07 Å². The maximum absolute atomic E-state index is 11.9. The van der Waals surface area contributed by atoms with Crippen LogP contribution in [0.4, 0.5) is 0 Å². The first kappa shape index (κ1) is 16.3. The van der Waals surface area contributed by atoms with Gasteiger partial charge in [0, 0.05) is 29.1 Å². The highest BCUT2D eigenvalue weighted by molar-refractivity contribution is 8.00. The molecular formula is C16H20BNO5S. The number of hydrogen-bond donors (Lipinski definition) is 3. The summed E-state index contributed by atoms with van der Waals surface area (Å²) in [4.78, 5) is 12.5. The zero-order valence-electron chi connectivity index (χ0n) is 13.2. The maximum atomic E-state index is 11.9. The fourth-order valence-corrected chi connectivity index (χ4v) is 4.96. The third kappa shape index (κ3) is 2.71. The van der Waals surface area contributed by atoms with Crippen LogP contribution in [0.3, 0.4) is 0 Å². The second kappa shape index (κ2) is 6.26. The highest BCUT2D eigenvalue weighted by Crippen LogP contribution is 2.60. The van der Waals surface area contributed by atoms with E-state index in [4.69, 9.17) is 15.1 Å². The molecule has 0 radical (unpaired) electrons. The van der Waals surface area contributed by atoms with Crippen LogP contribution in [0.2, 0.25) is 5.82 Å². The minimum Gasteiger partial charge on any atom is -0.535 e. The first-order valence-corrected chi connectivity index (χ1v) is 9.21. The Balaban J connectivity index is 1.68. The first-order chi connectivity index (χ1) is 11.6. The largest absolute Gasteiger partial charge is 0.535 e. The van der Waals surface area contributed by atoms with E-state index >= 15 is 0 Å². The number of nitrogens with two attached hydrogens (primary N) is 1. The van der Waals surface area contributed by atoms with Crippen molar-refractivity contribution in [2.24, 2.45) is 5.73 Å². The van der Waals surface area contributed by atoms with Crippen LogP contribution in [0.15, 0.2) is 17.0 Å². The second-order valence-electron chi connectivity index (χ2n) is 6.62. The molecule has 3 aliphatic rings. The molecule has 4 N–H and O–H groups in total. The standard InChI is InChI=1S/C16H20BNO5S/c18-7-13(11-2-1-5-22-11)24-12-4-3-8-9-6-10(9)17(21)23-15(8)14(12)16(19)20/h3-4,9-11,13,21H,1-2,5-7,18H2,(H,19,20). The topological polar surface area (TPSA) is 102 Å². The second-order valence-corrected chi connectivity index (χ2v) is 7.90. The van der Waals surface area contributed by atoms with E-state index in [-0.39, 0.29) is 28.7 Å². The van der Waals surface area contributed by atoms with E-state index in [0.717, 1.165) is 31.4 Å². The molecule has 6 nitrogen and oxygen atoms in total. The predicted molar refractivity (Wildman–Crippen MR) is 90.8 cm³/mol. The molecule has 1 saturated heterocycles. The molecule has 4 unspecified atom stereocenters. The van der Waals surface area contributed by atoms with Crippen LogP contribution in [0.1, 0.15) is 41.1 Å². The molecule has 1 aliphatic carbocycles. The van der Waals surface area contributed by atoms with Crippen molar-refractivity contribution in [3.8, 4) is 5.75 Å². The summed E-state index contributed by atoms with van der Waals surface area (Å²) in [5, 5.41) is 19.7. The van der Waals surface area contributed by atoms with Crippen molar-refractivity contribution in [1.29, 1.82) is 0 Å². The number of carboxylic acid groups (broad SMARTS) is 1. The molecular weight excluding hydrogens is 329 g/mol. The summed E-state index contributed by atoms with van der Waals surface area (Å²) < 4.78 is 11.3. The molecule has 4 atom stereocenters. The maximum Gasteiger partial charge on any atom is 0.526 e. The smallest absolute Gasteiger partial charge is 0.526 e. The summed E-state index contributed by atoms with van der Waals surface area (Å²) in [6.45, 7) is 1.15. The number of fused-ring (bicyclic) bond motifs is 3. The molecule has 128 valence electrons. The third-order valence-electron chi connectivity index (χ3n) is 5.10. The quantitative estimate of drug-likeness (QED) is 0.549. The highest BCUT2D eigenvalue weighted by Gasteiger charge is 2.54. The Labute approximate surface area is 144 Å². The number of ether oxygens (including phenoxy) is 1. The minimum absolute atomic E-state index is 0.00541. The van der Waals surface area contributed by atoms with E-state index in [2.05, 4.69) is 0 Å². The number of rotatable bonds is 5. The monoisotopic (exact) mass is 349 g/mol. The fraction of sp³-hybridized carbons (Fsp3) is 0.562. The van der Waals surface area contributed by atoms with Gasteiger partial charge in [-0.2, -0.15) is 0 Å². The Bertz CT molecular complexity index is 666. The van der Waals surface area contributed by atoms with Crippen LogP contribution in [0.25, 0.3) is 0 Å². The molecule has 2 fully saturated rings. The predicted octanol–water partition coefficient (Wildman–Crippen LogP) is 1.71. The van der Waals surface area contributed by atoms with Gasteiger partial charge in [-0.15, -0.1) is 11.8 Å². The number of hydrogen-bond acceptors (Lipinski definition) is 6. The van der Waals surface area contributed by atoms with E-state index in [1.165, 1.54) is 11.8 Å². The number of carbonyl (C=O) groups is 1. The molecule has 0 bridgehead atoms. The Hall–Kier alpha value is -1.22. The van der Waals surface area contributed by atoms with Gasteiger partial charge in [0.25, 0.3) is 0 Å². The van der Waals surface area contributed by atoms with Gasteiger partial charge >= 0.3 is 13.1 Å². The van der Waals surface area contributed by atoms with Gasteiger partial charge in [0.2, 0.25) is 0 Å². The summed E-state index contributed by atoms with van der Waals surface area (Å²) in [5.74, 6) is -0.406. The lowest BCUT2D eigenvalue weighted by molar-refractivity contribution is 0.0690. The van der Waals surface area contributed by atoms with Crippen LogP contribution >= 0.6 is 11.8 Å². The van der Waals surface area contributed by atoms with Crippen molar-refractivity contribution in [2.45, 2.75) is 47.2 Å². The van der Waals surface area contributed by atoms with Gasteiger partial charge in [-0.05, 0) is 36.8 Å². The van der Waals surface area contributed by atoms with Crippen molar-refractivity contribution in [3.63, 3.8) is 0 Å². The lowest BCUT2D eigenvalue weighted by Crippen LogP contribution is -2.31. The molecule has 1 aromatic carbocycles. The van der Waals surface area contributed by atoms with Gasteiger partial charge in [0.1, 0.15) is 11.3 Å². The summed E-state index contributed by atoms with van der Waals surface area (Å²) in [6.07, 6.45) is 2.86. The summed E-state index contributed by atoms with van der Waals surface area (Å²) in [7, 11) is -0.913. The Morgan fingerprint density at radius 1 is 1.50 bits per heavy atom. The number of carboxylic acids is 1. The molecule has 0 aromatic heterocycles. The van der Waals surface area contributed by atoms with Gasteiger partial charge in [-0.3, -0.25) is 0 Å². The zero-order chi connectivity index (χ0) is 16.8. The average Bonchev–Trinajstić information content (AvgIpc) is 3.19. The number of benzene rings is 1. The summed E-state index contributed by atoms with van der Waals surface area (Å²) in [6, 6.07) is 3.78. The van der Waals surface area contributed by atoms with Gasteiger partial charge in [0.15, 0.2) is 0 Å². The summed E-state index contributed by atoms with van der Waals surface area (Å²) >= 11 is 1.44. The van der Waals surface area contributed by atoms with Crippen molar-refractivity contribution in [1.82, 2.24) is 0 Å². The SMILES string of the molecule is NCC(Sc1ccc2c(c1C(=O)O)OB(O)C1CC21)C1CCCO1. The first-order valence-electron chi connectivity index (χ1n) is 8.33. The molecule has 0 amide bonds.